The van der Waals surface area contributed by atoms with E-state index >= 15 is 0 Å². The van der Waals surface area contributed by atoms with Gasteiger partial charge in [-0.3, -0.25) is 4.79 Å². The summed E-state index contributed by atoms with van der Waals surface area (Å²) >= 11 is 0. The van der Waals surface area contributed by atoms with Crippen LogP contribution < -0.4 is 5.32 Å². The van der Waals surface area contributed by atoms with Crippen molar-refractivity contribution in [3.05, 3.63) is 0 Å². The van der Waals surface area contributed by atoms with Crippen molar-refractivity contribution in [3.63, 3.8) is 0 Å². The molecule has 3 atom stereocenters. The standard InChI is InChI=1S/C10H19NO2/c1-7-4-3-5-9(6-7)11-8(2)10(12)13/h7-9,11H,3-6H2,1-2H3,(H,12,13)/t7?,8-,9?/m0/s1. The third-order valence-electron chi connectivity index (χ3n) is 2.79. The molecule has 0 saturated heterocycles. The van der Waals surface area contributed by atoms with Gasteiger partial charge in [0.1, 0.15) is 6.04 Å². The summed E-state index contributed by atoms with van der Waals surface area (Å²) in [6.07, 6.45) is 4.77. The highest BCUT2D eigenvalue weighted by Crippen LogP contribution is 2.23. The lowest BCUT2D eigenvalue weighted by atomic mass is 9.87. The number of carbonyl (C=O) groups is 1. The van der Waals surface area contributed by atoms with Crippen molar-refractivity contribution in [2.75, 3.05) is 0 Å². The third-order valence-corrected chi connectivity index (χ3v) is 2.79. The average Bonchev–Trinajstić information content (AvgIpc) is 2.04. The minimum Gasteiger partial charge on any atom is -0.480 e. The van der Waals surface area contributed by atoms with Gasteiger partial charge < -0.3 is 10.4 Å². The van der Waals surface area contributed by atoms with Crippen molar-refractivity contribution in [2.45, 2.75) is 51.6 Å². The van der Waals surface area contributed by atoms with Crippen LogP contribution in [0.1, 0.15) is 39.5 Å². The maximum Gasteiger partial charge on any atom is 0.320 e. The average molecular weight is 185 g/mol. The van der Waals surface area contributed by atoms with E-state index in [4.69, 9.17) is 5.11 Å². The Balaban J connectivity index is 2.31. The van der Waals surface area contributed by atoms with Crippen LogP contribution in [-0.2, 0) is 4.79 Å². The number of nitrogens with one attached hydrogen (secondary N) is 1. The molecule has 1 aliphatic carbocycles. The number of aliphatic carboxylic acids is 1. The molecule has 3 heteroatoms. The highest BCUT2D eigenvalue weighted by molar-refractivity contribution is 5.72. The van der Waals surface area contributed by atoms with E-state index in [0.29, 0.717) is 6.04 Å². The van der Waals surface area contributed by atoms with Gasteiger partial charge in [0, 0.05) is 6.04 Å². The van der Waals surface area contributed by atoms with Crippen LogP contribution in [0.2, 0.25) is 0 Å². The molecule has 1 fully saturated rings. The Bertz CT molecular complexity index is 182. The molecular weight excluding hydrogens is 166 g/mol. The van der Waals surface area contributed by atoms with Crippen LogP contribution in [0, 0.1) is 5.92 Å². The van der Waals surface area contributed by atoms with Gasteiger partial charge in [-0.25, -0.2) is 0 Å². The van der Waals surface area contributed by atoms with Crippen molar-refractivity contribution in [1.82, 2.24) is 5.32 Å². The van der Waals surface area contributed by atoms with Crippen LogP contribution in [0.4, 0.5) is 0 Å². The van der Waals surface area contributed by atoms with Gasteiger partial charge in [-0.2, -0.15) is 0 Å². The van der Waals surface area contributed by atoms with E-state index in [-0.39, 0.29) is 0 Å². The first kappa shape index (κ1) is 10.5. The summed E-state index contributed by atoms with van der Waals surface area (Å²) < 4.78 is 0. The molecule has 0 radical (unpaired) electrons. The van der Waals surface area contributed by atoms with Gasteiger partial charge in [0.15, 0.2) is 0 Å². The van der Waals surface area contributed by atoms with Crippen molar-refractivity contribution in [1.29, 1.82) is 0 Å². The second-order valence-electron chi connectivity index (χ2n) is 4.20. The van der Waals surface area contributed by atoms with E-state index in [9.17, 15) is 4.79 Å². The van der Waals surface area contributed by atoms with E-state index in [1.165, 1.54) is 12.8 Å². The molecule has 3 nitrogen and oxygen atoms in total. The first-order valence-electron chi connectivity index (χ1n) is 5.08. The van der Waals surface area contributed by atoms with Gasteiger partial charge in [0.05, 0.1) is 0 Å². The number of carboxylic acids is 1. The molecule has 0 spiro atoms. The van der Waals surface area contributed by atoms with E-state index in [0.717, 1.165) is 18.8 Å². The lowest BCUT2D eigenvalue weighted by Gasteiger charge is -2.28. The number of carboxylic acid groups (broad SMARTS) is 1. The summed E-state index contributed by atoms with van der Waals surface area (Å²) in [5, 5.41) is 11.9. The monoisotopic (exact) mass is 185 g/mol. The van der Waals surface area contributed by atoms with Crippen molar-refractivity contribution in [3.8, 4) is 0 Å². The lowest BCUT2D eigenvalue weighted by Crippen LogP contribution is -2.43. The van der Waals surface area contributed by atoms with Gasteiger partial charge in [-0.05, 0) is 25.7 Å². The summed E-state index contributed by atoms with van der Waals surface area (Å²) in [7, 11) is 0. The van der Waals surface area contributed by atoms with Crippen molar-refractivity contribution < 1.29 is 9.90 Å². The van der Waals surface area contributed by atoms with Crippen LogP contribution in [0.5, 0.6) is 0 Å². The molecule has 1 rings (SSSR count). The van der Waals surface area contributed by atoms with E-state index in [1.54, 1.807) is 6.92 Å². The first-order chi connectivity index (χ1) is 6.09. The van der Waals surface area contributed by atoms with Crippen molar-refractivity contribution >= 4 is 5.97 Å². The highest BCUT2D eigenvalue weighted by atomic mass is 16.4. The van der Waals surface area contributed by atoms with Gasteiger partial charge in [-0.1, -0.05) is 19.8 Å². The predicted molar refractivity (Wildman–Crippen MR) is 51.7 cm³/mol. The Kier molecular flexibility index (Phi) is 3.72. The molecule has 0 aliphatic heterocycles. The van der Waals surface area contributed by atoms with Gasteiger partial charge in [0.25, 0.3) is 0 Å². The smallest absolute Gasteiger partial charge is 0.320 e. The molecule has 0 bridgehead atoms. The molecule has 0 heterocycles. The fourth-order valence-corrected chi connectivity index (χ4v) is 2.01. The Morgan fingerprint density at radius 1 is 1.54 bits per heavy atom. The molecule has 0 amide bonds. The summed E-state index contributed by atoms with van der Waals surface area (Å²) in [4.78, 5) is 10.6. The lowest BCUT2D eigenvalue weighted by molar-refractivity contribution is -0.139. The number of hydrogen-bond acceptors (Lipinski definition) is 2. The maximum absolute atomic E-state index is 10.6. The third kappa shape index (κ3) is 3.35. The molecule has 76 valence electrons. The Morgan fingerprint density at radius 3 is 2.77 bits per heavy atom. The van der Waals surface area contributed by atoms with Gasteiger partial charge in [-0.15, -0.1) is 0 Å². The molecule has 0 aromatic rings. The minimum absolute atomic E-state index is 0.407. The van der Waals surface area contributed by atoms with Crippen LogP contribution in [0.3, 0.4) is 0 Å². The normalized spacial score (nSPS) is 31.2. The number of rotatable bonds is 3. The first-order valence-corrected chi connectivity index (χ1v) is 5.08. The SMILES string of the molecule is CC1CCCC(N[C@@H](C)C(=O)O)C1. The molecule has 2 unspecified atom stereocenters. The zero-order valence-electron chi connectivity index (χ0n) is 8.42. The highest BCUT2D eigenvalue weighted by Gasteiger charge is 2.22. The van der Waals surface area contributed by atoms with Crippen LogP contribution in [-0.4, -0.2) is 23.2 Å². The van der Waals surface area contributed by atoms with Crippen LogP contribution in [0.15, 0.2) is 0 Å². The number of hydrogen-bond donors (Lipinski definition) is 2. The molecule has 13 heavy (non-hydrogen) atoms. The zero-order chi connectivity index (χ0) is 9.84. The molecule has 0 aromatic heterocycles. The summed E-state index contributed by atoms with van der Waals surface area (Å²) in [5.41, 5.74) is 0. The summed E-state index contributed by atoms with van der Waals surface area (Å²) in [5.74, 6) is -0.00882. The second-order valence-corrected chi connectivity index (χ2v) is 4.20. The van der Waals surface area contributed by atoms with E-state index < -0.39 is 12.0 Å². The van der Waals surface area contributed by atoms with Gasteiger partial charge in [0.2, 0.25) is 0 Å². The minimum atomic E-state index is -0.752. The Hall–Kier alpha value is -0.570. The molecule has 1 aliphatic rings. The van der Waals surface area contributed by atoms with Crippen LogP contribution in [0.25, 0.3) is 0 Å². The molecular formula is C10H19NO2. The van der Waals surface area contributed by atoms with Crippen LogP contribution >= 0.6 is 0 Å². The largest absolute Gasteiger partial charge is 0.480 e. The maximum atomic E-state index is 10.6. The summed E-state index contributed by atoms with van der Waals surface area (Å²) in [6, 6.07) is 0.00477. The van der Waals surface area contributed by atoms with Crippen molar-refractivity contribution in [2.24, 2.45) is 5.92 Å². The Labute approximate surface area is 79.5 Å². The van der Waals surface area contributed by atoms with E-state index in [2.05, 4.69) is 12.2 Å². The fraction of sp³-hybridized carbons (Fsp3) is 0.900. The molecule has 1 saturated carbocycles. The summed E-state index contributed by atoms with van der Waals surface area (Å²) in [6.45, 7) is 3.95. The fourth-order valence-electron chi connectivity index (χ4n) is 2.01. The molecule has 0 aromatic carbocycles. The van der Waals surface area contributed by atoms with Gasteiger partial charge >= 0.3 is 5.97 Å². The zero-order valence-corrected chi connectivity index (χ0v) is 8.42. The topological polar surface area (TPSA) is 49.3 Å². The second kappa shape index (κ2) is 4.61. The molecule has 2 N–H and O–H groups in total. The quantitative estimate of drug-likeness (QED) is 0.702. The van der Waals surface area contributed by atoms with E-state index in [1.807, 2.05) is 0 Å². The Morgan fingerprint density at radius 2 is 2.23 bits per heavy atom. The predicted octanol–water partition coefficient (Wildman–Crippen LogP) is 1.63.